The SMILES string of the molecule is Cc1ccc(-n2c(=O)[nH]c3cccc(O)c3c2=O)o1. The first-order valence-corrected chi connectivity index (χ1v) is 5.62. The Kier molecular flexibility index (Phi) is 2.31. The van der Waals surface area contributed by atoms with Crippen LogP contribution in [0.3, 0.4) is 0 Å². The maximum absolute atomic E-state index is 12.3. The van der Waals surface area contributed by atoms with Crippen molar-refractivity contribution in [1.82, 2.24) is 9.55 Å². The number of nitrogens with one attached hydrogen (secondary N) is 1. The van der Waals surface area contributed by atoms with E-state index in [0.717, 1.165) is 4.57 Å². The number of phenols is 1. The Bertz CT molecular complexity index is 886. The molecule has 3 rings (SSSR count). The highest BCUT2D eigenvalue weighted by molar-refractivity contribution is 5.83. The second-order valence-corrected chi connectivity index (χ2v) is 4.15. The zero-order valence-corrected chi connectivity index (χ0v) is 10.0. The molecule has 2 aromatic heterocycles. The number of furan rings is 1. The van der Waals surface area contributed by atoms with Crippen molar-refractivity contribution in [2.45, 2.75) is 6.92 Å². The Balaban J connectivity index is 2.47. The summed E-state index contributed by atoms with van der Waals surface area (Å²) in [4.78, 5) is 26.8. The number of aromatic hydroxyl groups is 1. The van der Waals surface area contributed by atoms with Gasteiger partial charge in [-0.25, -0.2) is 4.79 Å². The molecule has 0 amide bonds. The molecule has 0 bridgehead atoms. The van der Waals surface area contributed by atoms with Crippen LogP contribution in [0.5, 0.6) is 5.75 Å². The number of hydrogen-bond donors (Lipinski definition) is 2. The number of nitrogens with zero attached hydrogens (tertiary/aromatic N) is 1. The van der Waals surface area contributed by atoms with Crippen molar-refractivity contribution in [3.63, 3.8) is 0 Å². The maximum Gasteiger partial charge on any atom is 0.335 e. The second kappa shape index (κ2) is 3.88. The highest BCUT2D eigenvalue weighted by atomic mass is 16.4. The lowest BCUT2D eigenvalue weighted by molar-refractivity contribution is 0.479. The minimum absolute atomic E-state index is 0.0520. The summed E-state index contributed by atoms with van der Waals surface area (Å²) in [5.41, 5.74) is -0.946. The van der Waals surface area contributed by atoms with Crippen LogP contribution in [0.2, 0.25) is 0 Å². The number of rotatable bonds is 1. The van der Waals surface area contributed by atoms with Gasteiger partial charge >= 0.3 is 5.69 Å². The van der Waals surface area contributed by atoms with E-state index in [9.17, 15) is 14.7 Å². The van der Waals surface area contributed by atoms with Crippen LogP contribution in [0.25, 0.3) is 16.8 Å². The third-order valence-electron chi connectivity index (χ3n) is 2.85. The molecule has 6 heteroatoms. The van der Waals surface area contributed by atoms with E-state index in [0.29, 0.717) is 5.76 Å². The van der Waals surface area contributed by atoms with E-state index in [-0.39, 0.29) is 22.5 Å². The Morgan fingerprint density at radius 3 is 2.68 bits per heavy atom. The molecule has 0 unspecified atom stereocenters. The van der Waals surface area contributed by atoms with Crippen LogP contribution in [0.15, 0.2) is 44.3 Å². The van der Waals surface area contributed by atoms with Crippen LogP contribution in [-0.2, 0) is 0 Å². The molecule has 0 spiro atoms. The molecule has 0 saturated heterocycles. The number of aromatic nitrogens is 2. The van der Waals surface area contributed by atoms with Gasteiger partial charge in [0.25, 0.3) is 5.56 Å². The first-order valence-electron chi connectivity index (χ1n) is 5.62. The Labute approximate surface area is 106 Å². The molecule has 0 saturated carbocycles. The van der Waals surface area contributed by atoms with Gasteiger partial charge in [0.15, 0.2) is 0 Å². The summed E-state index contributed by atoms with van der Waals surface area (Å²) in [5, 5.41) is 9.81. The normalized spacial score (nSPS) is 11.0. The molecular weight excluding hydrogens is 248 g/mol. The molecule has 2 heterocycles. The molecule has 0 fully saturated rings. The minimum atomic E-state index is -0.619. The summed E-state index contributed by atoms with van der Waals surface area (Å²) in [6.07, 6.45) is 0. The van der Waals surface area contributed by atoms with Gasteiger partial charge in [-0.2, -0.15) is 4.57 Å². The Hall–Kier alpha value is -2.76. The molecule has 0 aliphatic carbocycles. The standard InChI is InChI=1S/C13H10N2O4/c1-7-5-6-10(19-7)15-12(17)11-8(14-13(15)18)3-2-4-9(11)16/h2-6,16H,1H3,(H,14,18). The van der Waals surface area contributed by atoms with Crippen molar-refractivity contribution >= 4 is 10.9 Å². The van der Waals surface area contributed by atoms with E-state index >= 15 is 0 Å². The van der Waals surface area contributed by atoms with E-state index in [1.165, 1.54) is 12.1 Å². The Morgan fingerprint density at radius 2 is 2.00 bits per heavy atom. The quantitative estimate of drug-likeness (QED) is 0.688. The first kappa shape index (κ1) is 11.3. The summed E-state index contributed by atoms with van der Waals surface area (Å²) in [7, 11) is 0. The summed E-state index contributed by atoms with van der Waals surface area (Å²) >= 11 is 0. The highest BCUT2D eigenvalue weighted by Crippen LogP contribution is 2.18. The van der Waals surface area contributed by atoms with Gasteiger partial charge in [0, 0.05) is 6.07 Å². The van der Waals surface area contributed by atoms with Gasteiger partial charge in [-0.15, -0.1) is 0 Å². The van der Waals surface area contributed by atoms with Gasteiger partial charge in [0.1, 0.15) is 16.9 Å². The molecule has 0 aliphatic rings. The minimum Gasteiger partial charge on any atom is -0.507 e. The number of fused-ring (bicyclic) bond motifs is 1. The van der Waals surface area contributed by atoms with Crippen molar-refractivity contribution in [1.29, 1.82) is 0 Å². The van der Waals surface area contributed by atoms with Crippen molar-refractivity contribution in [3.8, 4) is 11.6 Å². The van der Waals surface area contributed by atoms with Gasteiger partial charge in [-0.05, 0) is 25.1 Å². The summed E-state index contributed by atoms with van der Waals surface area (Å²) in [6, 6.07) is 7.66. The molecule has 0 radical (unpaired) electrons. The van der Waals surface area contributed by atoms with Crippen LogP contribution in [-0.4, -0.2) is 14.7 Å². The second-order valence-electron chi connectivity index (χ2n) is 4.15. The fraction of sp³-hybridized carbons (Fsp3) is 0.0769. The topological polar surface area (TPSA) is 88.2 Å². The average molecular weight is 258 g/mol. The monoisotopic (exact) mass is 258 g/mol. The highest BCUT2D eigenvalue weighted by Gasteiger charge is 2.14. The lowest BCUT2D eigenvalue weighted by Gasteiger charge is -2.04. The van der Waals surface area contributed by atoms with E-state index < -0.39 is 11.2 Å². The summed E-state index contributed by atoms with van der Waals surface area (Å²) < 4.78 is 6.14. The fourth-order valence-corrected chi connectivity index (χ4v) is 1.99. The van der Waals surface area contributed by atoms with E-state index in [2.05, 4.69) is 4.98 Å². The first-order chi connectivity index (χ1) is 9.08. The van der Waals surface area contributed by atoms with E-state index in [1.807, 2.05) is 0 Å². The molecule has 1 aromatic carbocycles. The zero-order valence-electron chi connectivity index (χ0n) is 10.0. The molecular formula is C13H10N2O4. The average Bonchev–Trinajstić information content (AvgIpc) is 2.75. The van der Waals surface area contributed by atoms with E-state index in [1.54, 1.807) is 25.1 Å². The summed E-state index contributed by atoms with van der Waals surface area (Å²) in [6.45, 7) is 1.71. The molecule has 2 N–H and O–H groups in total. The number of phenolic OH excluding ortho intramolecular Hbond substituents is 1. The largest absolute Gasteiger partial charge is 0.507 e. The van der Waals surface area contributed by atoms with Crippen molar-refractivity contribution in [2.24, 2.45) is 0 Å². The number of hydrogen-bond acceptors (Lipinski definition) is 4. The smallest absolute Gasteiger partial charge is 0.335 e. The Morgan fingerprint density at radius 1 is 1.21 bits per heavy atom. The number of aromatic amines is 1. The lowest BCUT2D eigenvalue weighted by atomic mass is 10.2. The van der Waals surface area contributed by atoms with Crippen molar-refractivity contribution in [2.75, 3.05) is 0 Å². The zero-order chi connectivity index (χ0) is 13.6. The van der Waals surface area contributed by atoms with Gasteiger partial charge < -0.3 is 14.5 Å². The van der Waals surface area contributed by atoms with Gasteiger partial charge in [0.2, 0.25) is 5.88 Å². The molecule has 3 aromatic rings. The predicted octanol–water partition coefficient (Wildman–Crippen LogP) is 1.29. The maximum atomic E-state index is 12.3. The van der Waals surface area contributed by atoms with Crippen LogP contribution >= 0.6 is 0 Å². The van der Waals surface area contributed by atoms with Crippen LogP contribution < -0.4 is 11.2 Å². The third-order valence-corrected chi connectivity index (χ3v) is 2.85. The molecule has 0 atom stereocenters. The molecule has 6 nitrogen and oxygen atoms in total. The molecule has 0 aliphatic heterocycles. The van der Waals surface area contributed by atoms with E-state index in [4.69, 9.17) is 4.42 Å². The molecule has 19 heavy (non-hydrogen) atoms. The van der Waals surface area contributed by atoms with Crippen LogP contribution in [0.1, 0.15) is 5.76 Å². The molecule has 96 valence electrons. The van der Waals surface area contributed by atoms with Gasteiger partial charge in [0.05, 0.1) is 5.52 Å². The number of benzene rings is 1. The van der Waals surface area contributed by atoms with Crippen molar-refractivity contribution < 1.29 is 9.52 Å². The third kappa shape index (κ3) is 1.65. The van der Waals surface area contributed by atoms with Gasteiger partial charge in [-0.1, -0.05) is 6.07 Å². The van der Waals surface area contributed by atoms with Crippen LogP contribution in [0, 0.1) is 6.92 Å². The van der Waals surface area contributed by atoms with Crippen LogP contribution in [0.4, 0.5) is 0 Å². The predicted molar refractivity (Wildman–Crippen MR) is 68.8 cm³/mol. The number of aryl methyl sites for hydroxylation is 1. The van der Waals surface area contributed by atoms with Crippen molar-refractivity contribution in [3.05, 3.63) is 56.9 Å². The number of H-pyrrole nitrogens is 1. The fourth-order valence-electron chi connectivity index (χ4n) is 1.99. The van der Waals surface area contributed by atoms with Gasteiger partial charge in [-0.3, -0.25) is 4.79 Å². The summed E-state index contributed by atoms with van der Waals surface area (Å²) in [5.74, 6) is 0.517. The lowest BCUT2D eigenvalue weighted by Crippen LogP contribution is -2.33.